The summed E-state index contributed by atoms with van der Waals surface area (Å²) in [5.41, 5.74) is 3.03. The van der Waals surface area contributed by atoms with Crippen LogP contribution in [0, 0.1) is 12.8 Å². The number of anilines is 2. The Bertz CT molecular complexity index is 1230. The highest BCUT2D eigenvalue weighted by Crippen LogP contribution is 2.36. The van der Waals surface area contributed by atoms with Crippen molar-refractivity contribution in [3.05, 3.63) is 47.5 Å². The third kappa shape index (κ3) is 5.28. The van der Waals surface area contributed by atoms with Crippen molar-refractivity contribution in [1.82, 2.24) is 9.62 Å². The molecule has 10 heteroatoms. The van der Waals surface area contributed by atoms with Crippen molar-refractivity contribution in [1.29, 1.82) is 0 Å². The molecule has 2 aromatic carbocycles. The maximum Gasteiger partial charge on any atom is 0.265 e. The second-order valence-corrected chi connectivity index (χ2v) is 11.3. The number of benzene rings is 2. The summed E-state index contributed by atoms with van der Waals surface area (Å²) in [7, 11) is 0.0902. The Labute approximate surface area is 206 Å². The predicted octanol–water partition coefficient (Wildman–Crippen LogP) is 2.50. The van der Waals surface area contributed by atoms with Gasteiger partial charge in [0, 0.05) is 45.5 Å². The standard InChI is InChI=1S/C25H32N4O5S/c1-16-12-21-22(34-17(2)24(30)27-21)13-23(16)35(32,33)29-11-5-6-19(15-29)25(31)26-14-18-7-9-20(10-8-18)28(3)4/h7-10,12-13,17,19H,5-6,11,14-15H2,1-4H3,(H,26,31)(H,27,30)/t17-,19+/m1/s1. The summed E-state index contributed by atoms with van der Waals surface area (Å²) >= 11 is 0. The van der Waals surface area contributed by atoms with Gasteiger partial charge < -0.3 is 20.3 Å². The van der Waals surface area contributed by atoms with Crippen LogP contribution < -0.4 is 20.3 Å². The van der Waals surface area contributed by atoms with Crippen molar-refractivity contribution in [2.24, 2.45) is 5.92 Å². The van der Waals surface area contributed by atoms with E-state index in [4.69, 9.17) is 4.74 Å². The van der Waals surface area contributed by atoms with Crippen LogP contribution in [0.15, 0.2) is 41.3 Å². The van der Waals surface area contributed by atoms with Crippen molar-refractivity contribution in [2.75, 3.05) is 37.4 Å². The van der Waals surface area contributed by atoms with Gasteiger partial charge in [-0.1, -0.05) is 12.1 Å². The molecule has 0 unspecified atom stereocenters. The highest BCUT2D eigenvalue weighted by atomic mass is 32.2. The lowest BCUT2D eigenvalue weighted by Crippen LogP contribution is -2.45. The van der Waals surface area contributed by atoms with Crippen LogP contribution in [0.25, 0.3) is 0 Å². The lowest BCUT2D eigenvalue weighted by Gasteiger charge is -2.32. The number of aryl methyl sites for hydroxylation is 1. The molecule has 4 rings (SSSR count). The topological polar surface area (TPSA) is 108 Å². The maximum absolute atomic E-state index is 13.5. The Balaban J connectivity index is 1.45. The molecular weight excluding hydrogens is 468 g/mol. The van der Waals surface area contributed by atoms with E-state index in [-0.39, 0.29) is 23.3 Å². The average Bonchev–Trinajstić information content (AvgIpc) is 2.83. The smallest absolute Gasteiger partial charge is 0.265 e. The Morgan fingerprint density at radius 1 is 1.23 bits per heavy atom. The van der Waals surface area contributed by atoms with Gasteiger partial charge in [0.15, 0.2) is 6.10 Å². The molecular formula is C25H32N4O5S. The molecule has 2 aliphatic rings. The number of ether oxygens (including phenoxy) is 1. The zero-order valence-electron chi connectivity index (χ0n) is 20.5. The van der Waals surface area contributed by atoms with E-state index in [2.05, 4.69) is 10.6 Å². The molecule has 2 amide bonds. The number of fused-ring (bicyclic) bond motifs is 1. The number of sulfonamides is 1. The number of hydrogen-bond donors (Lipinski definition) is 2. The third-order valence-corrected chi connectivity index (χ3v) is 8.51. The molecule has 0 bridgehead atoms. The first-order chi connectivity index (χ1) is 16.6. The van der Waals surface area contributed by atoms with Crippen LogP contribution in [0.3, 0.4) is 0 Å². The normalized spacial score (nSPS) is 20.4. The minimum absolute atomic E-state index is 0.123. The number of rotatable bonds is 6. The molecule has 9 nitrogen and oxygen atoms in total. The van der Waals surface area contributed by atoms with Gasteiger partial charge in [-0.15, -0.1) is 0 Å². The van der Waals surface area contributed by atoms with Gasteiger partial charge in [-0.25, -0.2) is 8.42 Å². The molecule has 2 N–H and O–H groups in total. The molecule has 2 atom stereocenters. The van der Waals surface area contributed by atoms with Gasteiger partial charge in [0.2, 0.25) is 15.9 Å². The summed E-state index contributed by atoms with van der Waals surface area (Å²) in [4.78, 5) is 26.9. The lowest BCUT2D eigenvalue weighted by molar-refractivity contribution is -0.126. The Kier molecular flexibility index (Phi) is 7.05. The number of nitrogens with zero attached hydrogens (tertiary/aromatic N) is 2. The van der Waals surface area contributed by atoms with Crippen LogP contribution in [0.5, 0.6) is 5.75 Å². The molecule has 0 aromatic heterocycles. The van der Waals surface area contributed by atoms with Gasteiger partial charge in [0.05, 0.1) is 16.5 Å². The van der Waals surface area contributed by atoms with E-state index < -0.39 is 22.0 Å². The second kappa shape index (κ2) is 9.87. The van der Waals surface area contributed by atoms with Crippen LogP contribution in [-0.2, 0) is 26.2 Å². The molecule has 2 aromatic rings. The second-order valence-electron chi connectivity index (χ2n) is 9.34. The first-order valence-electron chi connectivity index (χ1n) is 11.7. The summed E-state index contributed by atoms with van der Waals surface area (Å²) in [5.74, 6) is -0.518. The van der Waals surface area contributed by atoms with Crippen LogP contribution in [0.4, 0.5) is 11.4 Å². The van der Waals surface area contributed by atoms with Gasteiger partial charge in [-0.2, -0.15) is 4.31 Å². The van der Waals surface area contributed by atoms with E-state index in [1.165, 1.54) is 10.4 Å². The van der Waals surface area contributed by atoms with Crippen LogP contribution in [0.1, 0.15) is 30.9 Å². The van der Waals surface area contributed by atoms with Crippen LogP contribution in [0.2, 0.25) is 0 Å². The molecule has 0 radical (unpaired) electrons. The molecule has 0 aliphatic carbocycles. The first-order valence-corrected chi connectivity index (χ1v) is 13.2. The molecule has 0 saturated carbocycles. The van der Waals surface area contributed by atoms with E-state index in [9.17, 15) is 18.0 Å². The minimum atomic E-state index is -3.85. The van der Waals surface area contributed by atoms with E-state index >= 15 is 0 Å². The summed E-state index contributed by atoms with van der Waals surface area (Å²) < 4.78 is 34.0. The van der Waals surface area contributed by atoms with E-state index in [1.807, 2.05) is 43.3 Å². The molecule has 0 spiro atoms. The number of carbonyl (C=O) groups is 2. The van der Waals surface area contributed by atoms with E-state index in [1.54, 1.807) is 19.9 Å². The van der Waals surface area contributed by atoms with E-state index in [0.717, 1.165) is 11.3 Å². The van der Waals surface area contributed by atoms with Crippen molar-refractivity contribution in [3.63, 3.8) is 0 Å². The molecule has 188 valence electrons. The lowest BCUT2D eigenvalue weighted by atomic mass is 9.98. The SMILES string of the molecule is Cc1cc2c(cc1S(=O)(=O)N1CCC[C@H](C(=O)NCc3ccc(N(C)C)cc3)C1)O[C@H](C)C(=O)N2. The number of amides is 2. The zero-order valence-corrected chi connectivity index (χ0v) is 21.3. The fourth-order valence-electron chi connectivity index (χ4n) is 4.38. The number of nitrogens with one attached hydrogen (secondary N) is 2. The fraction of sp³-hybridized carbons (Fsp3) is 0.440. The molecule has 1 fully saturated rings. The van der Waals surface area contributed by atoms with E-state index in [0.29, 0.717) is 42.9 Å². The molecule has 2 aliphatic heterocycles. The minimum Gasteiger partial charge on any atom is -0.479 e. The summed E-state index contributed by atoms with van der Waals surface area (Å²) in [5, 5.41) is 5.70. The highest BCUT2D eigenvalue weighted by Gasteiger charge is 2.35. The quantitative estimate of drug-likeness (QED) is 0.631. The van der Waals surface area contributed by atoms with Gasteiger partial charge in [-0.3, -0.25) is 9.59 Å². The third-order valence-electron chi connectivity index (χ3n) is 6.50. The van der Waals surface area contributed by atoms with Crippen LogP contribution in [-0.4, -0.2) is 57.8 Å². The first kappa shape index (κ1) is 25.0. The average molecular weight is 501 g/mol. The van der Waals surface area contributed by atoms with Gasteiger partial charge >= 0.3 is 0 Å². The number of carbonyl (C=O) groups excluding carboxylic acids is 2. The molecule has 2 heterocycles. The van der Waals surface area contributed by atoms with Crippen LogP contribution >= 0.6 is 0 Å². The molecule has 1 saturated heterocycles. The van der Waals surface area contributed by atoms with Crippen molar-refractivity contribution in [3.8, 4) is 5.75 Å². The summed E-state index contributed by atoms with van der Waals surface area (Å²) in [6.07, 6.45) is 0.526. The summed E-state index contributed by atoms with van der Waals surface area (Å²) in [6, 6.07) is 11.0. The number of piperidine rings is 1. The van der Waals surface area contributed by atoms with Crippen molar-refractivity contribution in [2.45, 2.75) is 44.2 Å². The Morgan fingerprint density at radius 3 is 2.63 bits per heavy atom. The van der Waals surface area contributed by atoms with Crippen molar-refractivity contribution >= 4 is 33.2 Å². The maximum atomic E-state index is 13.5. The zero-order chi connectivity index (χ0) is 25.3. The largest absolute Gasteiger partial charge is 0.479 e. The summed E-state index contributed by atoms with van der Waals surface area (Å²) in [6.45, 7) is 4.16. The highest BCUT2D eigenvalue weighted by molar-refractivity contribution is 7.89. The Hall–Kier alpha value is -3.11. The van der Waals surface area contributed by atoms with Crippen molar-refractivity contribution < 1.29 is 22.7 Å². The van der Waals surface area contributed by atoms with Gasteiger partial charge in [0.25, 0.3) is 5.91 Å². The fourth-order valence-corrected chi connectivity index (χ4v) is 6.13. The molecule has 35 heavy (non-hydrogen) atoms. The predicted molar refractivity (Wildman–Crippen MR) is 134 cm³/mol. The van der Waals surface area contributed by atoms with Gasteiger partial charge in [-0.05, 0) is 56.0 Å². The van der Waals surface area contributed by atoms with Gasteiger partial charge in [0.1, 0.15) is 5.75 Å². The number of hydrogen-bond acceptors (Lipinski definition) is 6. The Morgan fingerprint density at radius 2 is 1.94 bits per heavy atom. The monoisotopic (exact) mass is 500 g/mol.